The molecule has 10 heteroatoms. The molecule has 4 N–H and O–H groups in total. The van der Waals surface area contributed by atoms with Crippen LogP contribution in [0.15, 0.2) is 109 Å². The van der Waals surface area contributed by atoms with Crippen LogP contribution in [-0.4, -0.2) is 52.0 Å². The summed E-state index contributed by atoms with van der Waals surface area (Å²) in [6, 6.07) is 31.3. The standard InChI is InChI=1S/C21H22N4O.C20H20N4O/c1-14(2)11-22-20-21-23-12-19(16-9-7-15(13-26)8-10-16)25(21)18-6-4-3-5-17(18)24-20;1-13(2)11-21-19-20-22-12-17(14-7-3-6-10-18(14)25)24(20)16-9-5-4-8-15(16)23-19/h3-10,12,14,26H,11,13H2,1-2H3,(H,22,24);3-10,12-13,25H,11H2,1-2H3,(H,21,23). The molecular weight excluding hydrogens is 637 g/mol. The lowest BCUT2D eigenvalue weighted by Gasteiger charge is -2.13. The van der Waals surface area contributed by atoms with Gasteiger partial charge in [0.2, 0.25) is 0 Å². The number of fused-ring (bicyclic) bond motifs is 6. The molecular formula is C41H42N8O2. The monoisotopic (exact) mass is 678 g/mol. The fourth-order valence-electron chi connectivity index (χ4n) is 6.07. The molecule has 0 saturated carbocycles. The van der Waals surface area contributed by atoms with Gasteiger partial charge >= 0.3 is 0 Å². The topological polar surface area (TPSA) is 125 Å². The summed E-state index contributed by atoms with van der Waals surface area (Å²) in [7, 11) is 0. The van der Waals surface area contributed by atoms with Gasteiger partial charge in [0.05, 0.1) is 52.5 Å². The van der Waals surface area contributed by atoms with E-state index in [9.17, 15) is 10.2 Å². The lowest BCUT2D eigenvalue weighted by Crippen LogP contribution is -2.11. The molecule has 0 unspecified atom stereocenters. The van der Waals surface area contributed by atoms with Crippen molar-refractivity contribution < 1.29 is 10.2 Å². The zero-order valence-electron chi connectivity index (χ0n) is 29.2. The van der Waals surface area contributed by atoms with Crippen LogP contribution in [0.3, 0.4) is 0 Å². The number of phenolic OH excluding ortho intramolecular Hbond substituents is 1. The summed E-state index contributed by atoms with van der Waals surface area (Å²) in [6.07, 6.45) is 3.68. The van der Waals surface area contributed by atoms with Crippen molar-refractivity contribution in [2.24, 2.45) is 11.8 Å². The summed E-state index contributed by atoms with van der Waals surface area (Å²) in [5.41, 5.74) is 9.95. The van der Waals surface area contributed by atoms with Gasteiger partial charge in [0.1, 0.15) is 5.75 Å². The number of aromatic nitrogens is 6. The molecule has 0 radical (unpaired) electrons. The number of phenols is 1. The van der Waals surface area contributed by atoms with Gasteiger partial charge in [-0.25, -0.2) is 19.9 Å². The van der Waals surface area contributed by atoms with Crippen LogP contribution in [0, 0.1) is 11.8 Å². The predicted octanol–water partition coefficient (Wildman–Crippen LogP) is 8.43. The summed E-state index contributed by atoms with van der Waals surface area (Å²) in [5.74, 6) is 2.82. The van der Waals surface area contributed by atoms with Gasteiger partial charge in [0, 0.05) is 24.2 Å². The van der Waals surface area contributed by atoms with Crippen molar-refractivity contribution in [2.75, 3.05) is 23.7 Å². The minimum absolute atomic E-state index is 0.0452. The Hall–Kier alpha value is -6.00. The molecule has 4 aromatic heterocycles. The van der Waals surface area contributed by atoms with Gasteiger partial charge in [0.25, 0.3) is 0 Å². The van der Waals surface area contributed by atoms with E-state index in [0.717, 1.165) is 86.2 Å². The van der Waals surface area contributed by atoms with E-state index < -0.39 is 0 Å². The smallest absolute Gasteiger partial charge is 0.181 e. The number of aliphatic hydroxyl groups is 1. The van der Waals surface area contributed by atoms with Crippen LogP contribution in [0.1, 0.15) is 33.3 Å². The molecule has 0 bridgehead atoms. The Bertz CT molecular complexity index is 2450. The van der Waals surface area contributed by atoms with E-state index in [1.54, 1.807) is 12.3 Å². The molecule has 0 saturated heterocycles. The molecule has 0 spiro atoms. The molecule has 8 aromatic rings. The number of anilines is 2. The highest BCUT2D eigenvalue weighted by Gasteiger charge is 2.17. The Kier molecular flexibility index (Phi) is 9.50. The average Bonchev–Trinajstić information content (AvgIpc) is 3.80. The van der Waals surface area contributed by atoms with E-state index in [-0.39, 0.29) is 12.4 Å². The quantitative estimate of drug-likeness (QED) is 0.120. The second kappa shape index (κ2) is 14.5. The van der Waals surface area contributed by atoms with E-state index in [2.05, 4.69) is 63.2 Å². The molecule has 10 nitrogen and oxygen atoms in total. The zero-order valence-corrected chi connectivity index (χ0v) is 29.2. The van der Waals surface area contributed by atoms with Gasteiger partial charge < -0.3 is 20.8 Å². The van der Waals surface area contributed by atoms with E-state index in [0.29, 0.717) is 11.8 Å². The minimum Gasteiger partial charge on any atom is -0.507 e. The van der Waals surface area contributed by atoms with Gasteiger partial charge in [0.15, 0.2) is 22.9 Å². The predicted molar refractivity (Wildman–Crippen MR) is 206 cm³/mol. The molecule has 0 fully saturated rings. The summed E-state index contributed by atoms with van der Waals surface area (Å²) < 4.78 is 4.21. The van der Waals surface area contributed by atoms with Crippen molar-refractivity contribution in [3.8, 4) is 28.3 Å². The van der Waals surface area contributed by atoms with Crippen LogP contribution in [0.4, 0.5) is 11.6 Å². The average molecular weight is 679 g/mol. The molecule has 8 rings (SSSR count). The maximum absolute atomic E-state index is 10.3. The van der Waals surface area contributed by atoms with Crippen LogP contribution in [0.25, 0.3) is 55.9 Å². The molecule has 0 aliphatic rings. The first kappa shape index (κ1) is 33.5. The van der Waals surface area contributed by atoms with Crippen LogP contribution in [-0.2, 0) is 6.61 Å². The number of aliphatic hydroxyl groups excluding tert-OH is 1. The number of hydrogen-bond donors (Lipinski definition) is 4. The molecule has 0 aliphatic carbocycles. The van der Waals surface area contributed by atoms with Crippen LogP contribution in [0.5, 0.6) is 5.75 Å². The largest absolute Gasteiger partial charge is 0.507 e. The van der Waals surface area contributed by atoms with Crippen molar-refractivity contribution >= 4 is 45.0 Å². The molecule has 4 aromatic carbocycles. The first-order chi connectivity index (χ1) is 24.8. The third-order valence-electron chi connectivity index (χ3n) is 8.62. The molecule has 0 aliphatic heterocycles. The van der Waals surface area contributed by atoms with Gasteiger partial charge in [-0.1, -0.05) is 88.4 Å². The number of aromatic hydroxyl groups is 1. The zero-order chi connectivity index (χ0) is 35.5. The Balaban J connectivity index is 0.000000159. The molecule has 51 heavy (non-hydrogen) atoms. The van der Waals surface area contributed by atoms with Crippen LogP contribution in [0.2, 0.25) is 0 Å². The first-order valence-corrected chi connectivity index (χ1v) is 17.3. The minimum atomic E-state index is 0.0452. The summed E-state index contributed by atoms with van der Waals surface area (Å²) in [6.45, 7) is 10.4. The molecule has 0 atom stereocenters. The van der Waals surface area contributed by atoms with E-state index in [1.807, 2.05) is 91.1 Å². The highest BCUT2D eigenvalue weighted by molar-refractivity contribution is 5.88. The molecule has 258 valence electrons. The van der Waals surface area contributed by atoms with Crippen molar-refractivity contribution in [1.82, 2.24) is 28.7 Å². The summed E-state index contributed by atoms with van der Waals surface area (Å²) >= 11 is 0. The highest BCUT2D eigenvalue weighted by atomic mass is 16.3. The second-order valence-electron chi connectivity index (χ2n) is 13.4. The van der Waals surface area contributed by atoms with E-state index >= 15 is 0 Å². The Labute approximate surface area is 296 Å². The summed E-state index contributed by atoms with van der Waals surface area (Å²) in [5, 5.41) is 26.4. The fraction of sp³-hybridized carbons (Fsp3) is 0.220. The Morgan fingerprint density at radius 3 is 1.63 bits per heavy atom. The van der Waals surface area contributed by atoms with E-state index in [1.165, 1.54) is 0 Å². The maximum Gasteiger partial charge on any atom is 0.181 e. The maximum atomic E-state index is 10.3. The van der Waals surface area contributed by atoms with Gasteiger partial charge in [-0.2, -0.15) is 0 Å². The Morgan fingerprint density at radius 2 is 1.10 bits per heavy atom. The van der Waals surface area contributed by atoms with Crippen molar-refractivity contribution in [3.63, 3.8) is 0 Å². The Morgan fingerprint density at radius 1 is 0.608 bits per heavy atom. The van der Waals surface area contributed by atoms with Crippen molar-refractivity contribution in [2.45, 2.75) is 34.3 Å². The van der Waals surface area contributed by atoms with Crippen molar-refractivity contribution in [3.05, 3.63) is 115 Å². The molecule has 0 amide bonds. The summed E-state index contributed by atoms with van der Waals surface area (Å²) in [4.78, 5) is 18.8. The fourth-order valence-corrected chi connectivity index (χ4v) is 6.07. The first-order valence-electron chi connectivity index (χ1n) is 17.3. The van der Waals surface area contributed by atoms with Crippen LogP contribution >= 0.6 is 0 Å². The number of para-hydroxylation sites is 5. The number of rotatable bonds is 9. The van der Waals surface area contributed by atoms with Gasteiger partial charge in [-0.3, -0.25) is 8.80 Å². The number of benzene rings is 4. The number of imidazole rings is 2. The lowest BCUT2D eigenvalue weighted by molar-refractivity contribution is 0.282. The second-order valence-corrected chi connectivity index (χ2v) is 13.4. The van der Waals surface area contributed by atoms with Gasteiger partial charge in [-0.05, 0) is 53.8 Å². The third-order valence-corrected chi connectivity index (χ3v) is 8.62. The SMILES string of the molecule is CC(C)CNc1nc2ccccc2n2c(-c3ccc(CO)cc3)cnc12.CC(C)CNc1nc2ccccc2n2c(-c3ccccc3O)cnc12. The lowest BCUT2D eigenvalue weighted by atomic mass is 10.1. The van der Waals surface area contributed by atoms with Gasteiger partial charge in [-0.15, -0.1) is 0 Å². The molecule has 4 heterocycles. The number of nitrogens with one attached hydrogen (secondary N) is 2. The van der Waals surface area contributed by atoms with Crippen LogP contribution < -0.4 is 10.6 Å². The van der Waals surface area contributed by atoms with Crippen molar-refractivity contribution in [1.29, 1.82) is 0 Å². The number of nitrogens with zero attached hydrogens (tertiary/aromatic N) is 6. The normalized spacial score (nSPS) is 11.5. The highest BCUT2D eigenvalue weighted by Crippen LogP contribution is 2.33. The van der Waals surface area contributed by atoms with E-state index in [4.69, 9.17) is 9.97 Å². The third kappa shape index (κ3) is 6.78. The number of hydrogen-bond acceptors (Lipinski definition) is 8.